The summed E-state index contributed by atoms with van der Waals surface area (Å²) in [5, 5.41) is 2.78. The van der Waals surface area contributed by atoms with Crippen molar-refractivity contribution in [3.8, 4) is 0 Å². The molecular weight excluding hydrogens is 326 g/mol. The number of para-hydroxylation sites is 3. The number of rotatable bonds is 5. The fraction of sp³-hybridized carbons (Fsp3) is 0.235. The number of benzene rings is 2. The van der Waals surface area contributed by atoms with Gasteiger partial charge in [0.15, 0.2) is 0 Å². The van der Waals surface area contributed by atoms with E-state index in [2.05, 4.69) is 27.1 Å². The van der Waals surface area contributed by atoms with Crippen molar-refractivity contribution in [3.05, 3.63) is 54.1 Å². The molecule has 0 aliphatic carbocycles. The van der Waals surface area contributed by atoms with E-state index in [4.69, 9.17) is 0 Å². The van der Waals surface area contributed by atoms with Crippen LogP contribution in [-0.2, 0) is 21.2 Å². The minimum Gasteiger partial charge on any atom is -0.339 e. The van der Waals surface area contributed by atoms with E-state index in [0.717, 1.165) is 30.6 Å². The number of nitrogens with one attached hydrogen (secondary N) is 2. The predicted octanol–water partition coefficient (Wildman–Crippen LogP) is 1.87. The molecule has 0 atom stereocenters. The van der Waals surface area contributed by atoms with Crippen molar-refractivity contribution in [2.24, 2.45) is 0 Å². The van der Waals surface area contributed by atoms with E-state index in [-0.39, 0.29) is 6.54 Å². The molecule has 1 heterocycles. The molecule has 0 unspecified atom stereocenters. The fourth-order valence-electron chi connectivity index (χ4n) is 2.79. The van der Waals surface area contributed by atoms with E-state index in [9.17, 15) is 13.2 Å². The summed E-state index contributed by atoms with van der Waals surface area (Å²) in [5.74, 6) is -0.402. The lowest BCUT2D eigenvalue weighted by atomic mass is 10.2. The van der Waals surface area contributed by atoms with Gasteiger partial charge in [-0.25, -0.2) is 13.1 Å². The van der Waals surface area contributed by atoms with Gasteiger partial charge >= 0.3 is 0 Å². The van der Waals surface area contributed by atoms with E-state index in [1.807, 2.05) is 36.4 Å². The Balaban J connectivity index is 1.81. The van der Waals surface area contributed by atoms with E-state index in [0.29, 0.717) is 5.69 Å². The first-order valence-corrected chi connectivity index (χ1v) is 9.52. The van der Waals surface area contributed by atoms with Gasteiger partial charge in [0.25, 0.3) is 0 Å². The predicted molar refractivity (Wildman–Crippen MR) is 95.1 cm³/mol. The van der Waals surface area contributed by atoms with Crippen molar-refractivity contribution >= 4 is 33.0 Å². The molecule has 2 aromatic rings. The third kappa shape index (κ3) is 3.74. The first-order valence-electron chi connectivity index (χ1n) is 7.63. The topological polar surface area (TPSA) is 78.5 Å². The van der Waals surface area contributed by atoms with Gasteiger partial charge in [-0.05, 0) is 30.2 Å². The van der Waals surface area contributed by atoms with Crippen molar-refractivity contribution in [1.82, 2.24) is 4.72 Å². The van der Waals surface area contributed by atoms with Gasteiger partial charge in [-0.15, -0.1) is 0 Å². The van der Waals surface area contributed by atoms with Crippen LogP contribution in [0.5, 0.6) is 0 Å². The summed E-state index contributed by atoms with van der Waals surface area (Å²) < 4.78 is 24.4. The molecule has 1 aliphatic rings. The molecule has 1 aliphatic heterocycles. The zero-order chi connectivity index (χ0) is 17.2. The quantitative estimate of drug-likeness (QED) is 0.867. The molecule has 0 fully saturated rings. The van der Waals surface area contributed by atoms with Gasteiger partial charge in [-0.2, -0.15) is 0 Å². The fourth-order valence-corrected chi connectivity index (χ4v) is 3.19. The lowest BCUT2D eigenvalue weighted by Gasteiger charge is -2.23. The summed E-state index contributed by atoms with van der Waals surface area (Å²) in [6.07, 6.45) is 1.98. The maximum Gasteiger partial charge on any atom is 0.239 e. The van der Waals surface area contributed by atoms with Crippen LogP contribution in [0.25, 0.3) is 0 Å². The highest BCUT2D eigenvalue weighted by molar-refractivity contribution is 7.88. The molecular formula is C17H19N3O3S. The number of sulfonamides is 1. The Morgan fingerprint density at radius 2 is 1.75 bits per heavy atom. The second-order valence-corrected chi connectivity index (χ2v) is 7.52. The summed E-state index contributed by atoms with van der Waals surface area (Å²) in [6.45, 7) is 0.553. The number of anilines is 3. The van der Waals surface area contributed by atoms with Gasteiger partial charge in [-0.1, -0.05) is 30.3 Å². The summed E-state index contributed by atoms with van der Waals surface area (Å²) in [4.78, 5) is 14.2. The normalized spacial score (nSPS) is 13.6. The standard InChI is InChI=1S/C17H19N3O3S/c1-24(22,23)18-12-17(21)19-14-7-3-5-9-16(14)20-11-10-13-6-2-4-8-15(13)20/h2-9,18H,10-12H2,1H3,(H,19,21). The van der Waals surface area contributed by atoms with Crippen LogP contribution in [0.2, 0.25) is 0 Å². The molecule has 0 bridgehead atoms. The van der Waals surface area contributed by atoms with Crippen LogP contribution >= 0.6 is 0 Å². The minimum absolute atomic E-state index is 0.288. The number of nitrogens with zero attached hydrogens (tertiary/aromatic N) is 1. The summed E-state index contributed by atoms with van der Waals surface area (Å²) in [7, 11) is -3.40. The molecule has 0 saturated heterocycles. The zero-order valence-electron chi connectivity index (χ0n) is 13.3. The van der Waals surface area contributed by atoms with Crippen LogP contribution < -0.4 is 14.9 Å². The van der Waals surface area contributed by atoms with Gasteiger partial charge in [0.2, 0.25) is 15.9 Å². The SMILES string of the molecule is CS(=O)(=O)NCC(=O)Nc1ccccc1N1CCc2ccccc21. The summed E-state index contributed by atoms with van der Waals surface area (Å²) in [6, 6.07) is 15.7. The largest absolute Gasteiger partial charge is 0.339 e. The molecule has 7 heteroatoms. The Labute approximate surface area is 141 Å². The molecule has 0 aromatic heterocycles. The van der Waals surface area contributed by atoms with Crippen LogP contribution in [0.4, 0.5) is 17.1 Å². The zero-order valence-corrected chi connectivity index (χ0v) is 14.1. The maximum absolute atomic E-state index is 12.0. The van der Waals surface area contributed by atoms with Gasteiger partial charge in [0.05, 0.1) is 24.2 Å². The molecule has 1 amide bonds. The number of amides is 1. The van der Waals surface area contributed by atoms with Gasteiger partial charge < -0.3 is 10.2 Å². The molecule has 0 saturated carbocycles. The van der Waals surface area contributed by atoms with E-state index in [1.54, 1.807) is 0 Å². The number of hydrogen-bond acceptors (Lipinski definition) is 4. The van der Waals surface area contributed by atoms with Crippen molar-refractivity contribution in [2.75, 3.05) is 29.6 Å². The Morgan fingerprint density at radius 1 is 1.08 bits per heavy atom. The minimum atomic E-state index is -3.40. The van der Waals surface area contributed by atoms with Crippen LogP contribution in [-0.4, -0.2) is 33.7 Å². The molecule has 0 radical (unpaired) electrons. The molecule has 2 aromatic carbocycles. The lowest BCUT2D eigenvalue weighted by Crippen LogP contribution is -2.32. The number of carbonyl (C=O) groups excluding carboxylic acids is 1. The molecule has 2 N–H and O–H groups in total. The highest BCUT2D eigenvalue weighted by Gasteiger charge is 2.22. The summed E-state index contributed by atoms with van der Waals surface area (Å²) in [5.41, 5.74) is 3.97. The first-order chi connectivity index (χ1) is 11.4. The second-order valence-electron chi connectivity index (χ2n) is 5.69. The molecule has 126 valence electrons. The van der Waals surface area contributed by atoms with E-state index >= 15 is 0 Å². The van der Waals surface area contributed by atoms with Gasteiger partial charge in [-0.3, -0.25) is 4.79 Å². The Morgan fingerprint density at radius 3 is 2.50 bits per heavy atom. The number of carbonyl (C=O) groups is 1. The van der Waals surface area contributed by atoms with Crippen LogP contribution in [0.1, 0.15) is 5.56 Å². The molecule has 24 heavy (non-hydrogen) atoms. The Bertz CT molecular complexity index is 865. The average Bonchev–Trinajstić information content (AvgIpc) is 2.97. The van der Waals surface area contributed by atoms with E-state index < -0.39 is 15.9 Å². The number of hydrogen-bond donors (Lipinski definition) is 2. The highest BCUT2D eigenvalue weighted by atomic mass is 32.2. The highest BCUT2D eigenvalue weighted by Crippen LogP contribution is 2.37. The second kappa shape index (κ2) is 6.62. The lowest BCUT2D eigenvalue weighted by molar-refractivity contribution is -0.115. The first kappa shape index (κ1) is 16.5. The molecule has 3 rings (SSSR count). The van der Waals surface area contributed by atoms with Crippen molar-refractivity contribution in [2.45, 2.75) is 6.42 Å². The third-order valence-electron chi connectivity index (χ3n) is 3.85. The summed E-state index contributed by atoms with van der Waals surface area (Å²) >= 11 is 0. The maximum atomic E-state index is 12.0. The monoisotopic (exact) mass is 345 g/mol. The van der Waals surface area contributed by atoms with Crippen molar-refractivity contribution < 1.29 is 13.2 Å². The van der Waals surface area contributed by atoms with Crippen LogP contribution in [0, 0.1) is 0 Å². The Hall–Kier alpha value is -2.38. The third-order valence-corrected chi connectivity index (χ3v) is 4.52. The Kier molecular flexibility index (Phi) is 4.55. The number of fused-ring (bicyclic) bond motifs is 1. The smallest absolute Gasteiger partial charge is 0.239 e. The van der Waals surface area contributed by atoms with Gasteiger partial charge in [0.1, 0.15) is 0 Å². The molecule has 0 spiro atoms. The van der Waals surface area contributed by atoms with E-state index in [1.165, 1.54) is 5.56 Å². The van der Waals surface area contributed by atoms with Crippen LogP contribution in [0.3, 0.4) is 0 Å². The molecule has 6 nitrogen and oxygen atoms in total. The average molecular weight is 345 g/mol. The van der Waals surface area contributed by atoms with Crippen molar-refractivity contribution in [1.29, 1.82) is 0 Å². The van der Waals surface area contributed by atoms with Crippen molar-refractivity contribution in [3.63, 3.8) is 0 Å². The van der Waals surface area contributed by atoms with Gasteiger partial charge in [0, 0.05) is 12.2 Å². The van der Waals surface area contributed by atoms with Crippen LogP contribution in [0.15, 0.2) is 48.5 Å².